The number of nitrogens with zero attached hydrogens (tertiary/aromatic N) is 1. The topological polar surface area (TPSA) is 61.4 Å². The van der Waals surface area contributed by atoms with Crippen LogP contribution in [0.25, 0.3) is 0 Å². The zero-order valence-corrected chi connectivity index (χ0v) is 13.8. The van der Waals surface area contributed by atoms with Gasteiger partial charge in [-0.1, -0.05) is 22.9 Å². The van der Waals surface area contributed by atoms with E-state index in [-0.39, 0.29) is 35.6 Å². The van der Waals surface area contributed by atoms with E-state index in [1.54, 1.807) is 6.92 Å². The van der Waals surface area contributed by atoms with E-state index in [0.29, 0.717) is 6.42 Å². The lowest BCUT2D eigenvalue weighted by atomic mass is 10.2. The van der Waals surface area contributed by atoms with E-state index in [2.05, 4.69) is 26.6 Å². The third-order valence-electron chi connectivity index (χ3n) is 3.54. The van der Waals surface area contributed by atoms with E-state index >= 15 is 0 Å². The molecular weight excluding hydrogens is 379 g/mol. The molecule has 3 amide bonds. The number of halogens is 4. The van der Waals surface area contributed by atoms with Crippen molar-refractivity contribution in [2.45, 2.75) is 25.9 Å². The highest BCUT2D eigenvalue weighted by Crippen LogP contribution is 2.24. The summed E-state index contributed by atoms with van der Waals surface area (Å²) in [4.78, 5) is 24.5. The Balaban J connectivity index is 1.91. The number of benzene rings is 1. The fourth-order valence-corrected chi connectivity index (χ4v) is 2.75. The fraction of sp³-hybridized carbons (Fsp3) is 0.429. The maximum Gasteiger partial charge on any atom is 0.324 e. The quantitative estimate of drug-likeness (QED) is 0.337. The van der Waals surface area contributed by atoms with Gasteiger partial charge in [0.1, 0.15) is 6.04 Å². The molecule has 0 aromatic heterocycles. The second kappa shape index (κ2) is 7.31. The minimum Gasteiger partial charge on any atom is -0.326 e. The molecule has 0 saturated carbocycles. The van der Waals surface area contributed by atoms with Gasteiger partial charge in [-0.05, 0) is 12.5 Å². The summed E-state index contributed by atoms with van der Waals surface area (Å²) in [5, 5.41) is 5.34. The average molecular weight is 394 g/mol. The van der Waals surface area contributed by atoms with E-state index in [1.807, 2.05) is 0 Å². The third-order valence-corrected chi connectivity index (χ3v) is 4.25. The summed E-state index contributed by atoms with van der Waals surface area (Å²) >= 11 is 2.97. The van der Waals surface area contributed by atoms with Gasteiger partial charge >= 0.3 is 6.03 Å². The second-order valence-electron chi connectivity index (χ2n) is 5.02. The number of amides is 3. The molecule has 1 unspecified atom stereocenters. The van der Waals surface area contributed by atoms with Crippen LogP contribution < -0.4 is 10.6 Å². The van der Waals surface area contributed by atoms with Crippen molar-refractivity contribution in [1.82, 2.24) is 15.5 Å². The van der Waals surface area contributed by atoms with Crippen LogP contribution in [0.5, 0.6) is 0 Å². The van der Waals surface area contributed by atoms with Crippen LogP contribution in [0.3, 0.4) is 0 Å². The van der Waals surface area contributed by atoms with Gasteiger partial charge in [-0.15, -0.1) is 0 Å². The van der Waals surface area contributed by atoms with Gasteiger partial charge in [-0.3, -0.25) is 9.69 Å². The molecule has 1 aliphatic heterocycles. The molecule has 0 bridgehead atoms. The van der Waals surface area contributed by atoms with Gasteiger partial charge in [0.2, 0.25) is 0 Å². The van der Waals surface area contributed by atoms with Crippen LogP contribution in [0.15, 0.2) is 10.5 Å². The first-order chi connectivity index (χ1) is 10.9. The molecule has 0 spiro atoms. The highest BCUT2D eigenvalue weighted by Gasteiger charge is 2.36. The van der Waals surface area contributed by atoms with Crippen molar-refractivity contribution < 1.29 is 22.8 Å². The summed E-state index contributed by atoms with van der Waals surface area (Å²) in [5.74, 6) is -4.39. The first-order valence-electron chi connectivity index (χ1n) is 7.01. The number of imide groups is 1. The van der Waals surface area contributed by atoms with Crippen LogP contribution in [0.1, 0.15) is 18.9 Å². The molecule has 0 aliphatic carbocycles. The molecule has 2 rings (SSSR count). The van der Waals surface area contributed by atoms with Gasteiger partial charge in [-0.25, -0.2) is 18.0 Å². The van der Waals surface area contributed by atoms with Crippen molar-refractivity contribution in [2.75, 3.05) is 13.1 Å². The summed E-state index contributed by atoms with van der Waals surface area (Å²) in [6, 6.07) is -0.136. The molecule has 1 aromatic carbocycles. The van der Waals surface area contributed by atoms with Crippen molar-refractivity contribution in [3.63, 3.8) is 0 Å². The third kappa shape index (κ3) is 3.66. The molecule has 1 saturated heterocycles. The fourth-order valence-electron chi connectivity index (χ4n) is 2.24. The second-order valence-corrected chi connectivity index (χ2v) is 5.88. The standard InChI is InChI=1S/C14H15BrF3N3O2/c1-2-10-13(22)21(14(23)20-10)4-3-19-6-7-8(15)5-9(16)12(18)11(7)17/h5,10,19H,2-4,6H2,1H3,(H,20,23). The normalized spacial score (nSPS) is 17.8. The largest absolute Gasteiger partial charge is 0.326 e. The molecule has 5 nitrogen and oxygen atoms in total. The lowest BCUT2D eigenvalue weighted by molar-refractivity contribution is -0.127. The maximum absolute atomic E-state index is 13.7. The summed E-state index contributed by atoms with van der Waals surface area (Å²) in [7, 11) is 0. The lowest BCUT2D eigenvalue weighted by Crippen LogP contribution is -2.37. The minimum atomic E-state index is -1.54. The molecular formula is C14H15BrF3N3O2. The van der Waals surface area contributed by atoms with Crippen molar-refractivity contribution in [2.24, 2.45) is 0 Å². The molecule has 1 atom stereocenters. The Morgan fingerprint density at radius 3 is 2.61 bits per heavy atom. The minimum absolute atomic E-state index is 0.0625. The van der Waals surface area contributed by atoms with Gasteiger partial charge in [-0.2, -0.15) is 0 Å². The average Bonchev–Trinajstić information content (AvgIpc) is 2.78. The highest BCUT2D eigenvalue weighted by atomic mass is 79.9. The van der Waals surface area contributed by atoms with E-state index < -0.39 is 29.5 Å². The van der Waals surface area contributed by atoms with Gasteiger partial charge < -0.3 is 10.6 Å². The first-order valence-corrected chi connectivity index (χ1v) is 7.80. The highest BCUT2D eigenvalue weighted by molar-refractivity contribution is 9.10. The Morgan fingerprint density at radius 2 is 2.00 bits per heavy atom. The van der Waals surface area contributed by atoms with Crippen molar-refractivity contribution in [1.29, 1.82) is 0 Å². The summed E-state index contributed by atoms with van der Waals surface area (Å²) < 4.78 is 40.0. The lowest BCUT2D eigenvalue weighted by Gasteiger charge is -2.14. The van der Waals surface area contributed by atoms with E-state index in [9.17, 15) is 22.8 Å². The van der Waals surface area contributed by atoms with Gasteiger partial charge in [0.15, 0.2) is 17.5 Å². The molecule has 1 aromatic rings. The summed E-state index contributed by atoms with van der Waals surface area (Å²) in [5.41, 5.74) is -0.0625. The van der Waals surface area contributed by atoms with Gasteiger partial charge in [0, 0.05) is 29.7 Å². The summed E-state index contributed by atoms with van der Waals surface area (Å²) in [6.45, 7) is 2.00. The smallest absolute Gasteiger partial charge is 0.324 e. The summed E-state index contributed by atoms with van der Waals surface area (Å²) in [6.07, 6.45) is 0.502. The van der Waals surface area contributed by atoms with Gasteiger partial charge in [0.25, 0.3) is 5.91 Å². The number of hydrogen-bond acceptors (Lipinski definition) is 3. The Hall–Kier alpha value is -1.61. The van der Waals surface area contributed by atoms with Crippen LogP contribution in [0.2, 0.25) is 0 Å². The molecule has 23 heavy (non-hydrogen) atoms. The maximum atomic E-state index is 13.7. The van der Waals surface area contributed by atoms with Gasteiger partial charge in [0.05, 0.1) is 0 Å². The van der Waals surface area contributed by atoms with Crippen molar-refractivity contribution in [3.8, 4) is 0 Å². The van der Waals surface area contributed by atoms with Crippen molar-refractivity contribution in [3.05, 3.63) is 33.6 Å². The van der Waals surface area contributed by atoms with E-state index in [1.165, 1.54) is 0 Å². The molecule has 1 fully saturated rings. The van der Waals surface area contributed by atoms with Crippen LogP contribution in [-0.2, 0) is 11.3 Å². The van der Waals surface area contributed by atoms with E-state index in [0.717, 1.165) is 11.0 Å². The predicted molar refractivity (Wildman–Crippen MR) is 80.0 cm³/mol. The SMILES string of the molecule is CCC1NC(=O)N(CCNCc2c(Br)cc(F)c(F)c2F)C1=O. The van der Waals surface area contributed by atoms with Crippen LogP contribution in [0.4, 0.5) is 18.0 Å². The number of rotatable bonds is 6. The Labute approximate surface area is 139 Å². The Morgan fingerprint density at radius 1 is 1.30 bits per heavy atom. The Bertz CT molecular complexity index is 642. The number of carbonyl (C=O) groups excluding carboxylic acids is 2. The van der Waals surface area contributed by atoms with Crippen LogP contribution in [-0.4, -0.2) is 36.0 Å². The predicted octanol–water partition coefficient (Wildman–Crippen LogP) is 2.29. The molecule has 1 aliphatic rings. The number of hydrogen-bond donors (Lipinski definition) is 2. The molecule has 0 radical (unpaired) electrons. The first kappa shape index (κ1) is 17.7. The van der Waals surface area contributed by atoms with Crippen molar-refractivity contribution >= 4 is 27.9 Å². The molecule has 9 heteroatoms. The zero-order valence-electron chi connectivity index (χ0n) is 12.3. The molecule has 126 valence electrons. The van der Waals surface area contributed by atoms with Crippen LogP contribution in [0, 0.1) is 17.5 Å². The number of carbonyl (C=O) groups is 2. The van der Waals surface area contributed by atoms with E-state index in [4.69, 9.17) is 0 Å². The number of nitrogens with one attached hydrogen (secondary N) is 2. The zero-order chi connectivity index (χ0) is 17.1. The number of urea groups is 1. The van der Waals surface area contributed by atoms with Crippen LogP contribution >= 0.6 is 15.9 Å². The molecule has 2 N–H and O–H groups in total. The Kier molecular flexibility index (Phi) is 5.64. The monoisotopic (exact) mass is 393 g/mol. The molecule has 1 heterocycles.